The highest BCUT2D eigenvalue weighted by molar-refractivity contribution is 7.09. The van der Waals surface area contributed by atoms with Crippen LogP contribution in [0.5, 0.6) is 5.75 Å². The van der Waals surface area contributed by atoms with E-state index >= 15 is 0 Å². The van der Waals surface area contributed by atoms with Gasteiger partial charge in [-0.05, 0) is 51.5 Å². The van der Waals surface area contributed by atoms with Gasteiger partial charge in [-0.2, -0.15) is 0 Å². The lowest BCUT2D eigenvalue weighted by Gasteiger charge is -2.28. The van der Waals surface area contributed by atoms with Gasteiger partial charge in [0.2, 0.25) is 0 Å². The second-order valence-electron chi connectivity index (χ2n) is 7.52. The molecule has 1 aromatic heterocycles. The Balaban J connectivity index is 1.62. The number of rotatable bonds is 8. The number of aromatic nitrogens is 1. The molecule has 2 aromatic carbocycles. The molecule has 1 heterocycles. The van der Waals surface area contributed by atoms with Crippen molar-refractivity contribution in [2.45, 2.75) is 53.3 Å². The lowest BCUT2D eigenvalue weighted by molar-refractivity contribution is 0.186. The minimum Gasteiger partial charge on any atom is -0.486 e. The molecule has 6 heteroatoms. The molecule has 1 unspecified atom stereocenters. The van der Waals surface area contributed by atoms with Gasteiger partial charge in [0.25, 0.3) is 0 Å². The summed E-state index contributed by atoms with van der Waals surface area (Å²) in [5, 5.41) is 5.90. The Morgan fingerprint density at radius 3 is 2.37 bits per heavy atom. The molecule has 3 rings (SSSR count). The number of nitrogens with zero attached hydrogens (tertiary/aromatic N) is 2. The summed E-state index contributed by atoms with van der Waals surface area (Å²) in [6.45, 7) is 9.11. The fraction of sp³-hybridized carbons (Fsp3) is 0.333. The normalized spacial score (nSPS) is 11.7. The molecule has 0 aliphatic rings. The fourth-order valence-corrected chi connectivity index (χ4v) is 3.62. The van der Waals surface area contributed by atoms with Crippen molar-refractivity contribution in [2.24, 2.45) is 0 Å². The highest BCUT2D eigenvalue weighted by atomic mass is 32.1. The Labute approximate surface area is 182 Å². The number of carbonyl (C=O) groups is 1. The molecule has 0 aliphatic carbocycles. The second kappa shape index (κ2) is 10.3. The largest absolute Gasteiger partial charge is 0.486 e. The van der Waals surface area contributed by atoms with E-state index in [1.807, 2.05) is 65.7 Å². The number of ether oxygens (including phenoxy) is 1. The number of nitrogens with one attached hydrogen (secondary N) is 1. The zero-order valence-corrected chi connectivity index (χ0v) is 18.8. The van der Waals surface area contributed by atoms with Crippen molar-refractivity contribution in [1.29, 1.82) is 0 Å². The first-order chi connectivity index (χ1) is 14.4. The molecule has 0 spiro atoms. The van der Waals surface area contributed by atoms with Gasteiger partial charge in [-0.1, -0.05) is 42.3 Å². The monoisotopic (exact) mass is 423 g/mol. The standard InChI is InChI=1S/C24H29N3O2S/c1-5-19(4)27(24(28)26-20-10-6-17(2)7-11-20)14-21-16-30-23(25-21)15-29-22-12-8-18(3)9-13-22/h6-13,16,19H,5,14-15H2,1-4H3,(H,26,28). The lowest BCUT2D eigenvalue weighted by Crippen LogP contribution is -2.40. The highest BCUT2D eigenvalue weighted by Gasteiger charge is 2.20. The van der Waals surface area contributed by atoms with Gasteiger partial charge in [0.1, 0.15) is 17.4 Å². The van der Waals surface area contributed by atoms with Crippen molar-refractivity contribution in [3.63, 3.8) is 0 Å². The van der Waals surface area contributed by atoms with E-state index in [-0.39, 0.29) is 12.1 Å². The van der Waals surface area contributed by atoms with Crippen LogP contribution < -0.4 is 10.1 Å². The van der Waals surface area contributed by atoms with Crippen LogP contribution in [0.15, 0.2) is 53.9 Å². The SMILES string of the molecule is CCC(C)N(Cc1csc(COc2ccc(C)cc2)n1)C(=O)Nc1ccc(C)cc1. The molecule has 0 bridgehead atoms. The minimum atomic E-state index is -0.112. The number of anilines is 1. The summed E-state index contributed by atoms with van der Waals surface area (Å²) < 4.78 is 5.83. The van der Waals surface area contributed by atoms with Crippen LogP contribution in [0.3, 0.4) is 0 Å². The van der Waals surface area contributed by atoms with Crippen molar-refractivity contribution >= 4 is 23.1 Å². The molecule has 0 saturated heterocycles. The van der Waals surface area contributed by atoms with Gasteiger partial charge < -0.3 is 15.0 Å². The molecule has 158 valence electrons. The van der Waals surface area contributed by atoms with Gasteiger partial charge in [-0.3, -0.25) is 0 Å². The maximum Gasteiger partial charge on any atom is 0.322 e. The fourth-order valence-electron chi connectivity index (χ4n) is 2.92. The maximum atomic E-state index is 12.9. The molecule has 5 nitrogen and oxygen atoms in total. The van der Waals surface area contributed by atoms with E-state index in [0.717, 1.165) is 34.1 Å². The zero-order valence-electron chi connectivity index (χ0n) is 18.0. The van der Waals surface area contributed by atoms with E-state index in [9.17, 15) is 4.79 Å². The number of aryl methyl sites for hydroxylation is 2. The second-order valence-corrected chi connectivity index (χ2v) is 8.46. The van der Waals surface area contributed by atoms with Crippen molar-refractivity contribution < 1.29 is 9.53 Å². The Bertz CT molecular complexity index is 951. The third kappa shape index (κ3) is 6.07. The summed E-state index contributed by atoms with van der Waals surface area (Å²) in [6, 6.07) is 15.8. The van der Waals surface area contributed by atoms with Crippen LogP contribution in [0, 0.1) is 13.8 Å². The molecule has 0 aliphatic heterocycles. The molecule has 1 atom stereocenters. The van der Waals surface area contributed by atoms with E-state index < -0.39 is 0 Å². The van der Waals surface area contributed by atoms with Crippen LogP contribution in [0.2, 0.25) is 0 Å². The molecular formula is C24H29N3O2S. The summed E-state index contributed by atoms with van der Waals surface area (Å²) in [5.41, 5.74) is 4.04. The Morgan fingerprint density at radius 1 is 1.10 bits per heavy atom. The molecule has 30 heavy (non-hydrogen) atoms. The minimum absolute atomic E-state index is 0.101. The zero-order chi connectivity index (χ0) is 21.5. The third-order valence-corrected chi connectivity index (χ3v) is 5.87. The summed E-state index contributed by atoms with van der Waals surface area (Å²) in [4.78, 5) is 19.4. The van der Waals surface area contributed by atoms with Gasteiger partial charge in [0, 0.05) is 17.1 Å². The van der Waals surface area contributed by atoms with E-state index in [4.69, 9.17) is 4.74 Å². The number of hydrogen-bond acceptors (Lipinski definition) is 4. The third-order valence-electron chi connectivity index (χ3n) is 5.00. The number of amides is 2. The maximum absolute atomic E-state index is 12.9. The van der Waals surface area contributed by atoms with E-state index in [1.165, 1.54) is 5.56 Å². The average Bonchev–Trinajstić information content (AvgIpc) is 3.20. The Kier molecular flexibility index (Phi) is 7.46. The summed E-state index contributed by atoms with van der Waals surface area (Å²) in [5.74, 6) is 0.830. The van der Waals surface area contributed by atoms with Crippen LogP contribution >= 0.6 is 11.3 Å². The van der Waals surface area contributed by atoms with Crippen molar-refractivity contribution in [1.82, 2.24) is 9.88 Å². The summed E-state index contributed by atoms with van der Waals surface area (Å²) >= 11 is 1.56. The van der Waals surface area contributed by atoms with Gasteiger partial charge in [0.05, 0.1) is 12.2 Å². The molecule has 2 amide bonds. The number of hydrogen-bond donors (Lipinski definition) is 1. The van der Waals surface area contributed by atoms with Gasteiger partial charge >= 0.3 is 6.03 Å². The quantitative estimate of drug-likeness (QED) is 0.471. The van der Waals surface area contributed by atoms with Crippen molar-refractivity contribution in [2.75, 3.05) is 5.32 Å². The number of thiazole rings is 1. The van der Waals surface area contributed by atoms with Gasteiger partial charge in [-0.25, -0.2) is 9.78 Å². The average molecular weight is 424 g/mol. The molecule has 0 radical (unpaired) electrons. The molecular weight excluding hydrogens is 394 g/mol. The molecule has 3 aromatic rings. The summed E-state index contributed by atoms with van der Waals surface area (Å²) in [7, 11) is 0. The number of carbonyl (C=O) groups excluding carboxylic acids is 1. The lowest BCUT2D eigenvalue weighted by atomic mass is 10.2. The Hall–Kier alpha value is -2.86. The molecule has 0 fully saturated rings. The first kappa shape index (κ1) is 21.8. The van der Waals surface area contributed by atoms with E-state index in [0.29, 0.717) is 13.2 Å². The first-order valence-electron chi connectivity index (χ1n) is 10.2. The van der Waals surface area contributed by atoms with Gasteiger partial charge in [-0.15, -0.1) is 11.3 Å². The number of benzene rings is 2. The number of urea groups is 1. The highest BCUT2D eigenvalue weighted by Crippen LogP contribution is 2.19. The first-order valence-corrected chi connectivity index (χ1v) is 11.1. The van der Waals surface area contributed by atoms with Crippen LogP contribution in [-0.2, 0) is 13.2 Å². The van der Waals surface area contributed by atoms with E-state index in [2.05, 4.69) is 31.1 Å². The molecule has 1 N–H and O–H groups in total. The van der Waals surface area contributed by atoms with Gasteiger partial charge in [0.15, 0.2) is 0 Å². The van der Waals surface area contributed by atoms with Crippen LogP contribution in [0.4, 0.5) is 10.5 Å². The predicted molar refractivity (Wildman–Crippen MR) is 123 cm³/mol. The van der Waals surface area contributed by atoms with Crippen molar-refractivity contribution in [3.05, 3.63) is 75.7 Å². The van der Waals surface area contributed by atoms with E-state index in [1.54, 1.807) is 11.3 Å². The smallest absolute Gasteiger partial charge is 0.322 e. The Morgan fingerprint density at radius 2 is 1.73 bits per heavy atom. The van der Waals surface area contributed by atoms with Crippen LogP contribution in [-0.4, -0.2) is 22.0 Å². The van der Waals surface area contributed by atoms with Crippen molar-refractivity contribution in [3.8, 4) is 5.75 Å². The predicted octanol–water partition coefficient (Wildman–Crippen LogP) is 6.17. The summed E-state index contributed by atoms with van der Waals surface area (Å²) in [6.07, 6.45) is 0.870. The molecule has 0 saturated carbocycles. The van der Waals surface area contributed by atoms with Crippen LogP contribution in [0.25, 0.3) is 0 Å². The van der Waals surface area contributed by atoms with Crippen LogP contribution in [0.1, 0.15) is 42.1 Å². The topological polar surface area (TPSA) is 54.5 Å².